The van der Waals surface area contributed by atoms with Crippen LogP contribution in [-0.4, -0.2) is 28.9 Å². The zero-order chi connectivity index (χ0) is 18.3. The summed E-state index contributed by atoms with van der Waals surface area (Å²) in [6.45, 7) is 1.67. The van der Waals surface area contributed by atoms with Crippen LogP contribution in [0.5, 0.6) is 0 Å². The first-order chi connectivity index (χ1) is 11.8. The maximum absolute atomic E-state index is 13.8. The van der Waals surface area contributed by atoms with Crippen molar-refractivity contribution >= 4 is 11.9 Å². The maximum Gasteiger partial charge on any atom is 0.339 e. The number of carboxylic acids is 1. The van der Waals surface area contributed by atoms with Crippen LogP contribution < -0.4 is 0 Å². The van der Waals surface area contributed by atoms with E-state index in [9.17, 15) is 18.4 Å². The molecule has 0 saturated heterocycles. The van der Waals surface area contributed by atoms with Gasteiger partial charge < -0.3 is 14.4 Å². The molecule has 1 aliphatic rings. The normalized spacial score (nSPS) is 18.9. The number of benzene rings is 1. The Morgan fingerprint density at radius 1 is 1.32 bits per heavy atom. The predicted octanol–water partition coefficient (Wildman–Crippen LogP) is 3.33. The zero-order valence-corrected chi connectivity index (χ0v) is 13.8. The van der Waals surface area contributed by atoms with E-state index >= 15 is 0 Å². The summed E-state index contributed by atoms with van der Waals surface area (Å²) >= 11 is 0. The molecular weight excluding hydrogens is 332 g/mol. The van der Waals surface area contributed by atoms with Gasteiger partial charge in [0.15, 0.2) is 0 Å². The fraction of sp³-hybridized carbons (Fsp3) is 0.333. The van der Waals surface area contributed by atoms with Gasteiger partial charge in [0, 0.05) is 19.0 Å². The van der Waals surface area contributed by atoms with Crippen molar-refractivity contribution in [3.05, 3.63) is 58.5 Å². The molecule has 1 saturated carbocycles. The summed E-state index contributed by atoms with van der Waals surface area (Å²) in [5.41, 5.74) is 0.406. The molecular formula is C18H17F2NO4. The Hall–Kier alpha value is -2.70. The second kappa shape index (κ2) is 6.31. The molecule has 0 spiro atoms. The van der Waals surface area contributed by atoms with Gasteiger partial charge in [0.1, 0.15) is 28.7 Å². The van der Waals surface area contributed by atoms with Crippen molar-refractivity contribution in [1.82, 2.24) is 4.90 Å². The number of carbonyl (C=O) groups is 2. The lowest BCUT2D eigenvalue weighted by Gasteiger charge is -2.16. The Morgan fingerprint density at radius 2 is 2.04 bits per heavy atom. The number of halogens is 2. The first kappa shape index (κ1) is 17.1. The highest BCUT2D eigenvalue weighted by atomic mass is 19.1. The fourth-order valence-electron chi connectivity index (χ4n) is 3.04. The van der Waals surface area contributed by atoms with Gasteiger partial charge in [0.2, 0.25) is 5.91 Å². The predicted molar refractivity (Wildman–Crippen MR) is 84.1 cm³/mol. The number of hydrogen-bond donors (Lipinski definition) is 1. The first-order valence-corrected chi connectivity index (χ1v) is 7.80. The van der Waals surface area contributed by atoms with Crippen LogP contribution in [0.15, 0.2) is 28.7 Å². The van der Waals surface area contributed by atoms with Crippen molar-refractivity contribution in [3.63, 3.8) is 0 Å². The molecule has 0 bridgehead atoms. The number of aromatic carboxylic acids is 1. The molecule has 0 aliphatic heterocycles. The second-order valence-electron chi connectivity index (χ2n) is 6.30. The highest BCUT2D eigenvalue weighted by Crippen LogP contribution is 2.49. The molecule has 0 unspecified atom stereocenters. The molecule has 1 amide bonds. The molecule has 7 heteroatoms. The number of carbonyl (C=O) groups excluding carboxylic acids is 1. The van der Waals surface area contributed by atoms with Crippen LogP contribution in [0.4, 0.5) is 8.78 Å². The molecule has 1 heterocycles. The largest absolute Gasteiger partial charge is 0.478 e. The average molecular weight is 349 g/mol. The van der Waals surface area contributed by atoms with Crippen LogP contribution in [0.1, 0.15) is 39.8 Å². The summed E-state index contributed by atoms with van der Waals surface area (Å²) < 4.78 is 32.2. The van der Waals surface area contributed by atoms with E-state index in [1.807, 2.05) is 0 Å². The quantitative estimate of drug-likeness (QED) is 0.899. The van der Waals surface area contributed by atoms with E-state index in [1.54, 1.807) is 14.0 Å². The Balaban J connectivity index is 1.66. The monoisotopic (exact) mass is 349 g/mol. The summed E-state index contributed by atoms with van der Waals surface area (Å²) in [4.78, 5) is 24.9. The van der Waals surface area contributed by atoms with E-state index < -0.39 is 17.6 Å². The Morgan fingerprint density at radius 3 is 2.64 bits per heavy atom. The van der Waals surface area contributed by atoms with Crippen LogP contribution >= 0.6 is 0 Å². The summed E-state index contributed by atoms with van der Waals surface area (Å²) in [5.74, 6) is -2.53. The molecule has 25 heavy (non-hydrogen) atoms. The van der Waals surface area contributed by atoms with Crippen LogP contribution in [0.25, 0.3) is 0 Å². The van der Waals surface area contributed by atoms with Crippen LogP contribution in [0.3, 0.4) is 0 Å². The highest BCUT2D eigenvalue weighted by molar-refractivity contribution is 5.89. The first-order valence-electron chi connectivity index (χ1n) is 7.80. The Bertz CT molecular complexity index is 846. The topological polar surface area (TPSA) is 70.8 Å². The molecule has 1 aromatic carbocycles. The van der Waals surface area contributed by atoms with E-state index in [4.69, 9.17) is 9.52 Å². The number of hydrogen-bond acceptors (Lipinski definition) is 3. The zero-order valence-electron chi connectivity index (χ0n) is 13.8. The van der Waals surface area contributed by atoms with Gasteiger partial charge >= 0.3 is 5.97 Å². The molecule has 0 radical (unpaired) electrons. The smallest absolute Gasteiger partial charge is 0.339 e. The average Bonchev–Trinajstić information content (AvgIpc) is 3.22. The third-order valence-corrected chi connectivity index (χ3v) is 4.44. The van der Waals surface area contributed by atoms with Gasteiger partial charge in [0.05, 0.1) is 6.54 Å². The van der Waals surface area contributed by atoms with E-state index in [1.165, 1.54) is 23.1 Å². The molecule has 1 fully saturated rings. The number of amides is 1. The van der Waals surface area contributed by atoms with Gasteiger partial charge in [-0.15, -0.1) is 0 Å². The number of furan rings is 1. The van der Waals surface area contributed by atoms with Crippen molar-refractivity contribution in [2.75, 3.05) is 7.05 Å². The van der Waals surface area contributed by atoms with Gasteiger partial charge in [-0.3, -0.25) is 4.79 Å². The summed E-state index contributed by atoms with van der Waals surface area (Å²) in [6.07, 6.45) is 0.503. The van der Waals surface area contributed by atoms with Crippen molar-refractivity contribution in [3.8, 4) is 0 Å². The summed E-state index contributed by atoms with van der Waals surface area (Å²) in [7, 11) is 1.58. The molecule has 1 aliphatic carbocycles. The van der Waals surface area contributed by atoms with Crippen molar-refractivity contribution in [2.24, 2.45) is 5.92 Å². The summed E-state index contributed by atoms with van der Waals surface area (Å²) in [5, 5.41) is 9.02. The Kier molecular flexibility index (Phi) is 4.32. The van der Waals surface area contributed by atoms with Gasteiger partial charge in [0.25, 0.3) is 0 Å². The minimum atomic E-state index is -1.09. The number of aryl methyl sites for hydroxylation is 1. The Labute approximate surface area is 142 Å². The lowest BCUT2D eigenvalue weighted by atomic mass is 10.1. The minimum absolute atomic E-state index is 0.0635. The standard InChI is InChI=1S/C18H17F2NO4/c1-9-13(18(23)24)6-11(25-9)8-21(2)17(22)15-7-14(15)12-4-3-10(19)5-16(12)20/h3-6,14-15H,7-8H2,1-2H3,(H,23,24)/t14-,15-/m1/s1. The third kappa shape index (κ3) is 3.40. The molecule has 2 aromatic rings. The van der Waals surface area contributed by atoms with Gasteiger partial charge in [-0.1, -0.05) is 6.07 Å². The van der Waals surface area contributed by atoms with Crippen LogP contribution in [0, 0.1) is 24.5 Å². The SMILES string of the molecule is Cc1oc(CN(C)C(=O)[C@@H]2C[C@@H]2c2ccc(F)cc2F)cc1C(=O)O. The van der Waals surface area contributed by atoms with E-state index in [0.717, 1.165) is 6.07 Å². The minimum Gasteiger partial charge on any atom is -0.478 e. The number of carboxylic acid groups (broad SMARTS) is 1. The lowest BCUT2D eigenvalue weighted by molar-refractivity contribution is -0.132. The van der Waals surface area contributed by atoms with Crippen LogP contribution in [0.2, 0.25) is 0 Å². The molecule has 132 valence electrons. The van der Waals surface area contributed by atoms with E-state index in [0.29, 0.717) is 17.7 Å². The van der Waals surface area contributed by atoms with Crippen LogP contribution in [-0.2, 0) is 11.3 Å². The molecule has 1 N–H and O–H groups in total. The van der Waals surface area contributed by atoms with E-state index in [-0.39, 0.29) is 35.6 Å². The lowest BCUT2D eigenvalue weighted by Crippen LogP contribution is -2.27. The third-order valence-electron chi connectivity index (χ3n) is 4.44. The summed E-state index contributed by atoms with van der Waals surface area (Å²) in [6, 6.07) is 4.77. The number of rotatable bonds is 5. The highest BCUT2D eigenvalue weighted by Gasteiger charge is 2.46. The van der Waals surface area contributed by atoms with Gasteiger partial charge in [-0.2, -0.15) is 0 Å². The van der Waals surface area contributed by atoms with Crippen molar-refractivity contribution < 1.29 is 27.9 Å². The molecule has 3 rings (SSSR count). The van der Waals surface area contributed by atoms with Gasteiger partial charge in [-0.25, -0.2) is 13.6 Å². The van der Waals surface area contributed by atoms with Crippen molar-refractivity contribution in [1.29, 1.82) is 0 Å². The molecule has 5 nitrogen and oxygen atoms in total. The maximum atomic E-state index is 13.8. The van der Waals surface area contributed by atoms with Crippen molar-refractivity contribution in [2.45, 2.75) is 25.8 Å². The second-order valence-corrected chi connectivity index (χ2v) is 6.30. The molecule has 1 aromatic heterocycles. The fourth-order valence-corrected chi connectivity index (χ4v) is 3.04. The van der Waals surface area contributed by atoms with E-state index in [2.05, 4.69) is 0 Å². The molecule has 2 atom stereocenters. The number of nitrogens with zero attached hydrogens (tertiary/aromatic N) is 1. The van der Waals surface area contributed by atoms with Gasteiger partial charge in [-0.05, 0) is 37.0 Å².